The quantitative estimate of drug-likeness (QED) is 0.549. The summed E-state index contributed by atoms with van der Waals surface area (Å²) < 4.78 is 10.8. The Balaban J connectivity index is 1.56. The molecule has 1 unspecified atom stereocenters. The number of hydrogen-bond donors (Lipinski definition) is 1. The maximum absolute atomic E-state index is 12.5. The summed E-state index contributed by atoms with van der Waals surface area (Å²) in [5.74, 6) is -0.498. The highest BCUT2D eigenvalue weighted by Gasteiger charge is 2.26. The van der Waals surface area contributed by atoms with Crippen molar-refractivity contribution in [1.29, 1.82) is 0 Å². The molecule has 0 fully saturated rings. The van der Waals surface area contributed by atoms with Crippen molar-refractivity contribution in [3.05, 3.63) is 71.1 Å². The fraction of sp³-hybridized carbons (Fsp3) is 0.273. The van der Waals surface area contributed by atoms with E-state index in [0.29, 0.717) is 16.5 Å². The summed E-state index contributed by atoms with van der Waals surface area (Å²) >= 11 is 5.87. The molecule has 3 rings (SSSR count). The van der Waals surface area contributed by atoms with E-state index in [2.05, 4.69) is 15.5 Å². The SMILES string of the molecule is CC(C)C(NC(=O)Cc1ccccc1)C(=O)OCc1nnc(-c2ccc(Cl)cc2)o1. The smallest absolute Gasteiger partial charge is 0.329 e. The Bertz CT molecular complexity index is 987. The minimum atomic E-state index is -0.778. The second-order valence-electron chi connectivity index (χ2n) is 7.07. The molecule has 1 amide bonds. The van der Waals surface area contributed by atoms with E-state index in [-0.39, 0.29) is 30.7 Å². The summed E-state index contributed by atoms with van der Waals surface area (Å²) in [5.41, 5.74) is 1.57. The van der Waals surface area contributed by atoms with E-state index in [4.69, 9.17) is 20.8 Å². The summed E-state index contributed by atoms with van der Waals surface area (Å²) in [4.78, 5) is 24.8. The lowest BCUT2D eigenvalue weighted by Gasteiger charge is -2.20. The first-order valence-corrected chi connectivity index (χ1v) is 9.88. The molecule has 1 heterocycles. The van der Waals surface area contributed by atoms with E-state index >= 15 is 0 Å². The normalized spacial score (nSPS) is 11.9. The third-order valence-electron chi connectivity index (χ3n) is 4.34. The summed E-state index contributed by atoms with van der Waals surface area (Å²) in [5, 5.41) is 11.2. The molecule has 0 saturated carbocycles. The van der Waals surface area contributed by atoms with Gasteiger partial charge in [-0.15, -0.1) is 10.2 Å². The molecule has 30 heavy (non-hydrogen) atoms. The van der Waals surface area contributed by atoms with Crippen LogP contribution in [-0.2, 0) is 27.4 Å². The number of rotatable bonds is 8. The van der Waals surface area contributed by atoms with Crippen LogP contribution in [-0.4, -0.2) is 28.1 Å². The van der Waals surface area contributed by atoms with Gasteiger partial charge >= 0.3 is 5.97 Å². The zero-order valence-electron chi connectivity index (χ0n) is 16.7. The second-order valence-corrected chi connectivity index (χ2v) is 7.50. The lowest BCUT2D eigenvalue weighted by molar-refractivity contribution is -0.151. The second kappa shape index (κ2) is 10.0. The summed E-state index contributed by atoms with van der Waals surface area (Å²) in [6, 6.07) is 15.5. The van der Waals surface area contributed by atoms with Gasteiger partial charge in [0.1, 0.15) is 6.04 Å². The van der Waals surface area contributed by atoms with Crippen molar-refractivity contribution in [2.45, 2.75) is 32.9 Å². The fourth-order valence-corrected chi connectivity index (χ4v) is 2.87. The Morgan fingerprint density at radius 1 is 1.07 bits per heavy atom. The number of carbonyl (C=O) groups is 2. The first-order valence-electron chi connectivity index (χ1n) is 9.50. The van der Waals surface area contributed by atoms with Crippen molar-refractivity contribution in [2.24, 2.45) is 5.92 Å². The third-order valence-corrected chi connectivity index (χ3v) is 4.59. The number of amides is 1. The highest BCUT2D eigenvalue weighted by molar-refractivity contribution is 6.30. The molecular weight excluding hydrogens is 406 g/mol. The minimum absolute atomic E-state index is 0.149. The zero-order valence-corrected chi connectivity index (χ0v) is 17.4. The highest BCUT2D eigenvalue weighted by atomic mass is 35.5. The predicted molar refractivity (Wildman–Crippen MR) is 111 cm³/mol. The van der Waals surface area contributed by atoms with Gasteiger partial charge in [-0.2, -0.15) is 0 Å². The highest BCUT2D eigenvalue weighted by Crippen LogP contribution is 2.20. The average Bonchev–Trinajstić information content (AvgIpc) is 3.20. The van der Waals surface area contributed by atoms with Crippen molar-refractivity contribution < 1.29 is 18.7 Å². The topological polar surface area (TPSA) is 94.3 Å². The fourth-order valence-electron chi connectivity index (χ4n) is 2.75. The van der Waals surface area contributed by atoms with Gasteiger partial charge in [0.2, 0.25) is 11.8 Å². The van der Waals surface area contributed by atoms with Gasteiger partial charge in [0, 0.05) is 10.6 Å². The first kappa shape index (κ1) is 21.5. The van der Waals surface area contributed by atoms with Crippen molar-refractivity contribution >= 4 is 23.5 Å². The summed E-state index contributed by atoms with van der Waals surface area (Å²) in [7, 11) is 0. The van der Waals surface area contributed by atoms with Gasteiger partial charge in [0.15, 0.2) is 6.61 Å². The molecule has 2 aromatic carbocycles. The first-order chi connectivity index (χ1) is 14.4. The predicted octanol–water partition coefficient (Wildman–Crippen LogP) is 3.82. The van der Waals surface area contributed by atoms with Crippen LogP contribution in [0.25, 0.3) is 11.5 Å². The Morgan fingerprint density at radius 3 is 2.43 bits per heavy atom. The molecule has 0 aliphatic rings. The molecule has 1 aromatic heterocycles. The number of carbonyl (C=O) groups excluding carboxylic acids is 2. The Hall–Kier alpha value is -3.19. The van der Waals surface area contributed by atoms with Crippen molar-refractivity contribution in [3.8, 4) is 11.5 Å². The Morgan fingerprint density at radius 2 is 1.77 bits per heavy atom. The molecule has 7 nitrogen and oxygen atoms in total. The van der Waals surface area contributed by atoms with Gasteiger partial charge in [-0.25, -0.2) is 4.79 Å². The average molecular weight is 428 g/mol. The van der Waals surface area contributed by atoms with Crippen molar-refractivity contribution in [3.63, 3.8) is 0 Å². The summed E-state index contributed by atoms with van der Waals surface area (Å²) in [6.07, 6.45) is 0.186. The molecule has 0 bridgehead atoms. The number of hydrogen-bond acceptors (Lipinski definition) is 6. The van der Waals surface area contributed by atoms with Crippen LogP contribution in [0.1, 0.15) is 25.3 Å². The van der Waals surface area contributed by atoms with Crippen LogP contribution in [0.3, 0.4) is 0 Å². The molecule has 0 aliphatic carbocycles. The molecule has 0 spiro atoms. The van der Waals surface area contributed by atoms with Crippen molar-refractivity contribution in [2.75, 3.05) is 0 Å². The van der Waals surface area contributed by atoms with E-state index in [1.807, 2.05) is 44.2 Å². The number of benzene rings is 2. The van der Waals surface area contributed by atoms with Gasteiger partial charge in [0.25, 0.3) is 5.89 Å². The van der Waals surface area contributed by atoms with E-state index in [0.717, 1.165) is 5.56 Å². The van der Waals surface area contributed by atoms with Crippen LogP contribution < -0.4 is 5.32 Å². The summed E-state index contributed by atoms with van der Waals surface area (Å²) in [6.45, 7) is 3.48. The molecule has 0 saturated heterocycles. The van der Waals surface area contributed by atoms with Gasteiger partial charge < -0.3 is 14.5 Å². The maximum Gasteiger partial charge on any atom is 0.329 e. The lowest BCUT2D eigenvalue weighted by atomic mass is 10.0. The largest absolute Gasteiger partial charge is 0.454 e. The third kappa shape index (κ3) is 5.90. The number of aromatic nitrogens is 2. The van der Waals surface area contributed by atoms with Gasteiger partial charge in [-0.1, -0.05) is 55.8 Å². The van der Waals surface area contributed by atoms with E-state index in [1.165, 1.54) is 0 Å². The Kier molecular flexibility index (Phi) is 7.19. The molecule has 3 aromatic rings. The van der Waals surface area contributed by atoms with Gasteiger partial charge in [0.05, 0.1) is 6.42 Å². The van der Waals surface area contributed by atoms with Crippen LogP contribution in [0.5, 0.6) is 0 Å². The number of nitrogens with one attached hydrogen (secondary N) is 1. The molecule has 0 aliphatic heterocycles. The van der Waals surface area contributed by atoms with Crippen LogP contribution in [0, 0.1) is 5.92 Å². The Labute approximate surface area is 179 Å². The lowest BCUT2D eigenvalue weighted by Crippen LogP contribution is -2.45. The molecule has 8 heteroatoms. The van der Waals surface area contributed by atoms with E-state index in [1.54, 1.807) is 24.3 Å². The molecule has 0 radical (unpaired) electrons. The molecule has 1 N–H and O–H groups in total. The number of ether oxygens (including phenoxy) is 1. The number of halogens is 1. The van der Waals surface area contributed by atoms with Gasteiger partial charge in [-0.05, 0) is 35.7 Å². The van der Waals surface area contributed by atoms with Crippen LogP contribution >= 0.6 is 11.6 Å². The van der Waals surface area contributed by atoms with E-state index < -0.39 is 12.0 Å². The monoisotopic (exact) mass is 427 g/mol. The van der Waals surface area contributed by atoms with Crippen molar-refractivity contribution in [1.82, 2.24) is 15.5 Å². The number of nitrogens with zero attached hydrogens (tertiary/aromatic N) is 2. The van der Waals surface area contributed by atoms with Gasteiger partial charge in [-0.3, -0.25) is 4.79 Å². The number of esters is 1. The van der Waals surface area contributed by atoms with Crippen LogP contribution in [0.4, 0.5) is 0 Å². The van der Waals surface area contributed by atoms with E-state index in [9.17, 15) is 9.59 Å². The standard InChI is InChI=1S/C22H22ClN3O4/c1-14(2)20(24-18(27)12-15-6-4-3-5-7-15)22(28)29-13-19-25-26-21(30-19)16-8-10-17(23)11-9-16/h3-11,14,20H,12-13H2,1-2H3,(H,24,27). The van der Waals surface area contributed by atoms with Crippen LogP contribution in [0.2, 0.25) is 5.02 Å². The van der Waals surface area contributed by atoms with Crippen LogP contribution in [0.15, 0.2) is 59.0 Å². The molecule has 156 valence electrons. The minimum Gasteiger partial charge on any atom is -0.454 e. The molecular formula is C22H22ClN3O4. The maximum atomic E-state index is 12.5. The zero-order chi connectivity index (χ0) is 21.5. The molecule has 1 atom stereocenters.